The summed E-state index contributed by atoms with van der Waals surface area (Å²) in [6, 6.07) is 7.04. The van der Waals surface area contributed by atoms with E-state index in [0.29, 0.717) is 25.8 Å². The van der Waals surface area contributed by atoms with Crippen LogP contribution in [0.2, 0.25) is 0 Å². The molecule has 148 valence electrons. The van der Waals surface area contributed by atoms with Crippen molar-refractivity contribution in [2.24, 2.45) is 10.2 Å². The second-order valence-corrected chi connectivity index (χ2v) is 8.36. The van der Waals surface area contributed by atoms with Crippen molar-refractivity contribution in [2.45, 2.75) is 70.2 Å². The summed E-state index contributed by atoms with van der Waals surface area (Å²) in [7, 11) is 0. The monoisotopic (exact) mass is 381 g/mol. The molecular formula is C22H27N3O3. The van der Waals surface area contributed by atoms with Gasteiger partial charge < -0.3 is 9.64 Å². The summed E-state index contributed by atoms with van der Waals surface area (Å²) in [5, 5.41) is 8.19. The van der Waals surface area contributed by atoms with Crippen molar-refractivity contribution >= 4 is 11.9 Å². The molecular weight excluding hydrogens is 354 g/mol. The van der Waals surface area contributed by atoms with Crippen molar-refractivity contribution in [1.82, 2.24) is 4.90 Å². The van der Waals surface area contributed by atoms with Crippen molar-refractivity contribution in [3.63, 3.8) is 0 Å². The van der Waals surface area contributed by atoms with Gasteiger partial charge in [0.25, 0.3) is 0 Å². The predicted octanol–water partition coefficient (Wildman–Crippen LogP) is 3.81. The van der Waals surface area contributed by atoms with Crippen LogP contribution in [-0.2, 0) is 20.7 Å². The van der Waals surface area contributed by atoms with Gasteiger partial charge in [0, 0.05) is 32.2 Å². The highest BCUT2D eigenvalue weighted by Crippen LogP contribution is 2.39. The normalized spacial score (nSPS) is 19.5. The molecule has 0 aromatic heterocycles. The summed E-state index contributed by atoms with van der Waals surface area (Å²) in [6.07, 6.45) is 8.09. The van der Waals surface area contributed by atoms with E-state index in [0.717, 1.165) is 17.5 Å². The number of ether oxygens (including phenoxy) is 1. The molecule has 2 heterocycles. The van der Waals surface area contributed by atoms with Gasteiger partial charge in [0.05, 0.1) is 0 Å². The molecule has 0 radical (unpaired) electrons. The molecule has 0 spiro atoms. The number of amides is 1. The fraction of sp³-hybridized carbons (Fsp3) is 0.545. The van der Waals surface area contributed by atoms with Crippen LogP contribution in [0, 0.1) is 12.3 Å². The third kappa shape index (κ3) is 4.59. The number of rotatable bonds is 6. The Kier molecular flexibility index (Phi) is 5.55. The van der Waals surface area contributed by atoms with Gasteiger partial charge >= 0.3 is 5.97 Å². The first kappa shape index (κ1) is 20.1. The van der Waals surface area contributed by atoms with Gasteiger partial charge in [-0.05, 0) is 38.3 Å². The molecule has 0 bridgehead atoms. The third-order valence-electron chi connectivity index (χ3n) is 5.03. The molecule has 1 aromatic carbocycles. The molecule has 6 nitrogen and oxygen atoms in total. The molecule has 1 unspecified atom stereocenters. The molecule has 0 N–H and O–H groups in total. The lowest BCUT2D eigenvalue weighted by molar-refractivity contribution is -0.166. The summed E-state index contributed by atoms with van der Waals surface area (Å²) in [5.74, 6) is 2.12. The highest BCUT2D eigenvalue weighted by molar-refractivity contribution is 5.86. The number of hydrogen-bond acceptors (Lipinski definition) is 5. The Morgan fingerprint density at radius 2 is 2.00 bits per heavy atom. The summed E-state index contributed by atoms with van der Waals surface area (Å²) in [5.41, 5.74) is 0.805. The van der Waals surface area contributed by atoms with Crippen LogP contribution >= 0.6 is 0 Å². The van der Waals surface area contributed by atoms with Crippen LogP contribution in [-0.4, -0.2) is 34.6 Å². The average molecular weight is 381 g/mol. The van der Waals surface area contributed by atoms with E-state index in [1.165, 1.54) is 0 Å². The molecule has 0 aliphatic carbocycles. The van der Waals surface area contributed by atoms with E-state index in [2.05, 4.69) is 16.1 Å². The Labute approximate surface area is 166 Å². The maximum Gasteiger partial charge on any atom is 0.334 e. The largest absolute Gasteiger partial charge is 0.458 e. The lowest BCUT2D eigenvalue weighted by Crippen LogP contribution is -2.45. The number of terminal acetylenes is 1. The van der Waals surface area contributed by atoms with Gasteiger partial charge in [0.1, 0.15) is 5.60 Å². The Morgan fingerprint density at radius 1 is 1.29 bits per heavy atom. The Morgan fingerprint density at radius 3 is 2.64 bits per heavy atom. The number of carbonyl (C=O) groups is 2. The van der Waals surface area contributed by atoms with Crippen molar-refractivity contribution in [1.29, 1.82) is 0 Å². The maximum atomic E-state index is 13.0. The van der Waals surface area contributed by atoms with E-state index in [9.17, 15) is 9.59 Å². The molecule has 2 aliphatic rings. The SMILES string of the molecule is C#CCCC1(CCC(=O)N2CCc3ccccc3C2C(=O)OC(C)(C)C)N=N1. The lowest BCUT2D eigenvalue weighted by Gasteiger charge is -2.37. The van der Waals surface area contributed by atoms with Crippen molar-refractivity contribution in [2.75, 3.05) is 6.54 Å². The van der Waals surface area contributed by atoms with Crippen molar-refractivity contribution in [3.05, 3.63) is 35.4 Å². The summed E-state index contributed by atoms with van der Waals surface area (Å²) >= 11 is 0. The molecule has 0 saturated carbocycles. The molecule has 6 heteroatoms. The van der Waals surface area contributed by atoms with E-state index in [1.807, 2.05) is 45.0 Å². The second-order valence-electron chi connectivity index (χ2n) is 8.36. The van der Waals surface area contributed by atoms with Gasteiger partial charge in [-0.3, -0.25) is 4.79 Å². The summed E-state index contributed by atoms with van der Waals surface area (Å²) < 4.78 is 5.63. The fourth-order valence-electron chi connectivity index (χ4n) is 3.57. The van der Waals surface area contributed by atoms with E-state index in [4.69, 9.17) is 11.2 Å². The standard InChI is InChI=1S/C22H27N3O3/c1-5-6-13-22(23-24-22)14-11-18(26)25-15-12-16-9-7-8-10-17(16)19(25)20(27)28-21(2,3)4/h1,7-10,19H,6,11-15H2,2-4H3. The third-order valence-corrected chi connectivity index (χ3v) is 5.03. The highest BCUT2D eigenvalue weighted by atomic mass is 16.6. The first-order valence-electron chi connectivity index (χ1n) is 9.72. The highest BCUT2D eigenvalue weighted by Gasteiger charge is 2.42. The van der Waals surface area contributed by atoms with E-state index in [-0.39, 0.29) is 12.3 Å². The number of carbonyl (C=O) groups excluding carboxylic acids is 2. The minimum Gasteiger partial charge on any atom is -0.458 e. The van der Waals surface area contributed by atoms with Gasteiger partial charge in [-0.2, -0.15) is 10.2 Å². The zero-order valence-electron chi connectivity index (χ0n) is 16.8. The number of fused-ring (bicyclic) bond motifs is 1. The number of benzene rings is 1. The number of esters is 1. The van der Waals surface area contributed by atoms with Crippen LogP contribution in [0.5, 0.6) is 0 Å². The molecule has 1 aromatic rings. The van der Waals surface area contributed by atoms with Gasteiger partial charge in [0.15, 0.2) is 11.7 Å². The first-order valence-corrected chi connectivity index (χ1v) is 9.72. The number of nitrogens with zero attached hydrogens (tertiary/aromatic N) is 3. The fourth-order valence-corrected chi connectivity index (χ4v) is 3.57. The Balaban J connectivity index is 1.75. The molecule has 2 aliphatic heterocycles. The molecule has 3 rings (SSSR count). The van der Waals surface area contributed by atoms with Gasteiger partial charge in [-0.25, -0.2) is 4.79 Å². The average Bonchev–Trinajstić information content (AvgIpc) is 3.42. The first-order chi connectivity index (χ1) is 13.2. The van der Waals surface area contributed by atoms with Crippen LogP contribution in [0.15, 0.2) is 34.5 Å². The van der Waals surface area contributed by atoms with E-state index in [1.54, 1.807) is 4.90 Å². The minimum atomic E-state index is -0.716. The lowest BCUT2D eigenvalue weighted by atomic mass is 9.91. The summed E-state index contributed by atoms with van der Waals surface area (Å²) in [6.45, 7) is 5.98. The van der Waals surface area contributed by atoms with Gasteiger partial charge in [-0.15, -0.1) is 12.3 Å². The molecule has 1 atom stereocenters. The van der Waals surface area contributed by atoms with Crippen LogP contribution in [0.1, 0.15) is 63.6 Å². The van der Waals surface area contributed by atoms with Crippen LogP contribution in [0.4, 0.5) is 0 Å². The Hall–Kier alpha value is -2.68. The van der Waals surface area contributed by atoms with Crippen molar-refractivity contribution < 1.29 is 14.3 Å². The quantitative estimate of drug-likeness (QED) is 0.556. The van der Waals surface area contributed by atoms with Crippen LogP contribution in [0.3, 0.4) is 0 Å². The van der Waals surface area contributed by atoms with Crippen LogP contribution < -0.4 is 0 Å². The van der Waals surface area contributed by atoms with Crippen LogP contribution in [0.25, 0.3) is 0 Å². The number of hydrogen-bond donors (Lipinski definition) is 0. The zero-order chi connectivity index (χ0) is 20.4. The summed E-state index contributed by atoms with van der Waals surface area (Å²) in [4.78, 5) is 27.6. The van der Waals surface area contributed by atoms with E-state index >= 15 is 0 Å². The molecule has 0 saturated heterocycles. The van der Waals surface area contributed by atoms with Gasteiger partial charge in [-0.1, -0.05) is 24.3 Å². The minimum absolute atomic E-state index is 0.0808. The second kappa shape index (κ2) is 7.75. The topological polar surface area (TPSA) is 71.3 Å². The predicted molar refractivity (Wildman–Crippen MR) is 105 cm³/mol. The molecule has 28 heavy (non-hydrogen) atoms. The van der Waals surface area contributed by atoms with Crippen molar-refractivity contribution in [3.8, 4) is 12.3 Å². The molecule has 0 fully saturated rings. The zero-order valence-corrected chi connectivity index (χ0v) is 16.8. The smallest absolute Gasteiger partial charge is 0.334 e. The Bertz CT molecular complexity index is 826. The molecule has 1 amide bonds. The maximum absolute atomic E-state index is 13.0. The van der Waals surface area contributed by atoms with E-state index < -0.39 is 23.3 Å². The van der Waals surface area contributed by atoms with Gasteiger partial charge in [0.2, 0.25) is 5.91 Å².